The van der Waals surface area contributed by atoms with E-state index in [0.29, 0.717) is 23.4 Å². The average Bonchev–Trinajstić information content (AvgIpc) is 3.14. The molecule has 3 aromatic carbocycles. The summed E-state index contributed by atoms with van der Waals surface area (Å²) in [4.78, 5) is 17.3. The molecule has 4 rings (SSSR count). The topological polar surface area (TPSA) is 96.3 Å². The summed E-state index contributed by atoms with van der Waals surface area (Å²) in [5.74, 6) is 0.596. The van der Waals surface area contributed by atoms with Crippen molar-refractivity contribution in [2.24, 2.45) is 7.05 Å². The number of amides is 1. The van der Waals surface area contributed by atoms with Gasteiger partial charge in [-0.25, -0.2) is 17.7 Å². The number of aryl methyl sites for hydroxylation is 2. The van der Waals surface area contributed by atoms with Crippen molar-refractivity contribution in [2.45, 2.75) is 17.7 Å². The first kappa shape index (κ1) is 23.5. The highest BCUT2D eigenvalue weighted by molar-refractivity contribution is 7.89. The van der Waals surface area contributed by atoms with Crippen LogP contribution in [0.4, 0.5) is 17.1 Å². The number of para-hydroxylation sites is 1. The fourth-order valence-corrected chi connectivity index (χ4v) is 4.52. The second-order valence-corrected chi connectivity index (χ2v) is 10.3. The Morgan fingerprint density at radius 1 is 0.941 bits per heavy atom. The van der Waals surface area contributed by atoms with Crippen LogP contribution < -0.4 is 10.6 Å². The van der Waals surface area contributed by atoms with E-state index in [4.69, 9.17) is 0 Å². The number of carbonyl (C=O) groups excluding carboxylic acids is 1. The number of nitrogens with zero attached hydrogens (tertiary/aromatic N) is 3. The van der Waals surface area contributed by atoms with Gasteiger partial charge in [0.2, 0.25) is 15.9 Å². The van der Waals surface area contributed by atoms with Crippen LogP contribution in [-0.2, 0) is 28.3 Å². The lowest BCUT2D eigenvalue weighted by Gasteiger charge is -2.10. The zero-order valence-corrected chi connectivity index (χ0v) is 20.1. The number of carbonyl (C=O) groups is 1. The summed E-state index contributed by atoms with van der Waals surface area (Å²) in [5.41, 5.74) is 4.04. The van der Waals surface area contributed by atoms with Crippen LogP contribution in [-0.4, -0.2) is 42.3 Å². The van der Waals surface area contributed by atoms with Crippen molar-refractivity contribution in [1.29, 1.82) is 0 Å². The summed E-state index contributed by atoms with van der Waals surface area (Å²) < 4.78 is 27.9. The van der Waals surface area contributed by atoms with Crippen molar-refractivity contribution in [3.05, 3.63) is 78.6 Å². The zero-order valence-electron chi connectivity index (χ0n) is 19.3. The van der Waals surface area contributed by atoms with Crippen molar-refractivity contribution in [1.82, 2.24) is 13.9 Å². The molecule has 0 saturated heterocycles. The van der Waals surface area contributed by atoms with Gasteiger partial charge in [-0.1, -0.05) is 18.2 Å². The number of nitrogens with one attached hydrogen (secondary N) is 2. The van der Waals surface area contributed by atoms with Gasteiger partial charge in [-0.15, -0.1) is 0 Å². The van der Waals surface area contributed by atoms with Gasteiger partial charge in [-0.3, -0.25) is 4.79 Å². The lowest BCUT2D eigenvalue weighted by molar-refractivity contribution is -0.116. The maximum Gasteiger partial charge on any atom is 0.242 e. The second kappa shape index (κ2) is 9.66. The number of fused-ring (bicyclic) bond motifs is 1. The molecule has 0 aliphatic rings. The predicted molar refractivity (Wildman–Crippen MR) is 135 cm³/mol. The molecule has 4 aromatic rings. The second-order valence-electron chi connectivity index (χ2n) is 8.14. The molecule has 176 valence electrons. The molecule has 1 heterocycles. The lowest BCUT2D eigenvalue weighted by Crippen LogP contribution is -2.22. The van der Waals surface area contributed by atoms with Crippen LogP contribution in [0.15, 0.2) is 77.7 Å². The number of rotatable bonds is 8. The molecule has 0 saturated carbocycles. The van der Waals surface area contributed by atoms with E-state index in [1.165, 1.54) is 18.4 Å². The number of aromatic nitrogens is 2. The maximum absolute atomic E-state index is 12.5. The Balaban J connectivity index is 1.38. The lowest BCUT2D eigenvalue weighted by atomic mass is 10.2. The van der Waals surface area contributed by atoms with Crippen LogP contribution in [0.5, 0.6) is 0 Å². The van der Waals surface area contributed by atoms with Gasteiger partial charge in [0.25, 0.3) is 0 Å². The highest BCUT2D eigenvalue weighted by atomic mass is 32.2. The minimum atomic E-state index is -3.54. The SMILES string of the molecule is CN(C)S(=O)(=O)c1ccc2c(c1)nc(CCC(=O)Nc1ccc(Nc3ccccc3)cc1)n2C. The molecule has 0 aliphatic carbocycles. The van der Waals surface area contributed by atoms with Crippen LogP contribution >= 0.6 is 0 Å². The molecule has 8 nitrogen and oxygen atoms in total. The summed E-state index contributed by atoms with van der Waals surface area (Å²) in [6.45, 7) is 0. The summed E-state index contributed by atoms with van der Waals surface area (Å²) >= 11 is 0. The first-order chi connectivity index (χ1) is 16.2. The molecule has 1 aromatic heterocycles. The van der Waals surface area contributed by atoms with Gasteiger partial charge < -0.3 is 15.2 Å². The van der Waals surface area contributed by atoms with Crippen LogP contribution in [0.25, 0.3) is 11.0 Å². The molecule has 9 heteroatoms. The highest BCUT2D eigenvalue weighted by Gasteiger charge is 2.19. The monoisotopic (exact) mass is 477 g/mol. The maximum atomic E-state index is 12.5. The average molecular weight is 478 g/mol. The van der Waals surface area contributed by atoms with E-state index >= 15 is 0 Å². The summed E-state index contributed by atoms with van der Waals surface area (Å²) in [6.07, 6.45) is 0.685. The van der Waals surface area contributed by atoms with E-state index in [9.17, 15) is 13.2 Å². The number of benzene rings is 3. The third-order valence-corrected chi connectivity index (χ3v) is 7.34. The predicted octanol–water partition coefficient (Wildman–Crippen LogP) is 4.14. The van der Waals surface area contributed by atoms with Crippen LogP contribution in [0.3, 0.4) is 0 Å². The van der Waals surface area contributed by atoms with Gasteiger partial charge in [0.1, 0.15) is 5.82 Å². The largest absolute Gasteiger partial charge is 0.356 e. The molecule has 0 unspecified atom stereocenters. The molecule has 0 bridgehead atoms. The molecule has 1 amide bonds. The number of sulfonamides is 1. The molecule has 0 radical (unpaired) electrons. The van der Waals surface area contributed by atoms with Crippen LogP contribution in [0.1, 0.15) is 12.2 Å². The Morgan fingerprint density at radius 2 is 1.59 bits per heavy atom. The quantitative estimate of drug-likeness (QED) is 0.398. The zero-order chi connectivity index (χ0) is 24.3. The van der Waals surface area contributed by atoms with E-state index < -0.39 is 10.0 Å². The minimum absolute atomic E-state index is 0.119. The van der Waals surface area contributed by atoms with Gasteiger partial charge >= 0.3 is 0 Å². The molecule has 0 spiro atoms. The number of anilines is 3. The Bertz CT molecular complexity index is 1410. The fraction of sp³-hybridized carbons (Fsp3) is 0.200. The third-order valence-electron chi connectivity index (χ3n) is 5.53. The normalized spacial score (nSPS) is 11.6. The Hall–Kier alpha value is -3.69. The smallest absolute Gasteiger partial charge is 0.242 e. The van der Waals surface area contributed by atoms with Crippen LogP contribution in [0, 0.1) is 0 Å². The van der Waals surface area contributed by atoms with E-state index in [1.54, 1.807) is 18.2 Å². The Kier molecular flexibility index (Phi) is 6.67. The van der Waals surface area contributed by atoms with Gasteiger partial charge in [-0.2, -0.15) is 0 Å². The molecule has 2 N–H and O–H groups in total. The summed E-state index contributed by atoms with van der Waals surface area (Å²) in [5, 5.41) is 6.21. The molecule has 0 aliphatic heterocycles. The van der Waals surface area contributed by atoms with E-state index in [-0.39, 0.29) is 17.2 Å². The summed E-state index contributed by atoms with van der Waals surface area (Å²) in [7, 11) is 1.32. The van der Waals surface area contributed by atoms with Crippen molar-refractivity contribution in [2.75, 3.05) is 24.7 Å². The number of hydrogen-bond acceptors (Lipinski definition) is 5. The molecule has 34 heavy (non-hydrogen) atoms. The minimum Gasteiger partial charge on any atom is -0.356 e. The standard InChI is InChI=1S/C25H27N5O3S/c1-29(2)34(32,33)21-13-14-23-22(17-21)28-24(30(23)3)15-16-25(31)27-20-11-9-19(10-12-20)26-18-7-5-4-6-8-18/h4-14,17,26H,15-16H2,1-3H3,(H,27,31). The summed E-state index contributed by atoms with van der Waals surface area (Å²) in [6, 6.07) is 22.3. The van der Waals surface area contributed by atoms with Gasteiger partial charge in [0.05, 0.1) is 15.9 Å². The van der Waals surface area contributed by atoms with E-state index in [1.807, 2.05) is 66.2 Å². The van der Waals surface area contributed by atoms with Crippen molar-refractivity contribution >= 4 is 44.0 Å². The first-order valence-electron chi connectivity index (χ1n) is 10.8. The number of hydrogen-bond donors (Lipinski definition) is 2. The van der Waals surface area contributed by atoms with Crippen LogP contribution in [0.2, 0.25) is 0 Å². The Morgan fingerprint density at radius 3 is 2.26 bits per heavy atom. The van der Waals surface area contributed by atoms with Gasteiger partial charge in [0.15, 0.2) is 0 Å². The molecule has 0 atom stereocenters. The Labute approximate surface area is 199 Å². The molecular formula is C25H27N5O3S. The van der Waals surface area contributed by atoms with E-state index in [2.05, 4.69) is 15.6 Å². The van der Waals surface area contributed by atoms with Crippen molar-refractivity contribution < 1.29 is 13.2 Å². The van der Waals surface area contributed by atoms with Gasteiger partial charge in [0, 0.05) is 51.0 Å². The molecular weight excluding hydrogens is 450 g/mol. The fourth-order valence-electron chi connectivity index (χ4n) is 3.60. The highest BCUT2D eigenvalue weighted by Crippen LogP contribution is 2.22. The molecule has 0 fully saturated rings. The van der Waals surface area contributed by atoms with Crippen molar-refractivity contribution in [3.63, 3.8) is 0 Å². The van der Waals surface area contributed by atoms with Crippen molar-refractivity contribution in [3.8, 4) is 0 Å². The van der Waals surface area contributed by atoms with Gasteiger partial charge in [-0.05, 0) is 54.6 Å². The first-order valence-corrected chi connectivity index (χ1v) is 12.3. The number of imidazole rings is 1. The third kappa shape index (κ3) is 5.11. The van der Waals surface area contributed by atoms with E-state index in [0.717, 1.165) is 16.9 Å².